The highest BCUT2D eigenvalue weighted by molar-refractivity contribution is 7.93. The van der Waals surface area contributed by atoms with E-state index in [1.165, 1.54) is 22.5 Å². The summed E-state index contributed by atoms with van der Waals surface area (Å²) in [6.45, 7) is 1.91. The standard InChI is InChI=1S/C22H17NO4S/c1-2-23(15-9-4-3-5-10-15)28(26,27)19-14-8-13-18-20(19)22(25)17-12-7-6-11-16(17)21(18)24/h3-14H,2H2,1H3. The molecule has 0 fully saturated rings. The van der Waals surface area contributed by atoms with E-state index in [9.17, 15) is 18.0 Å². The zero-order valence-electron chi connectivity index (χ0n) is 15.1. The van der Waals surface area contributed by atoms with Crippen molar-refractivity contribution < 1.29 is 18.0 Å². The van der Waals surface area contributed by atoms with Crippen molar-refractivity contribution in [2.24, 2.45) is 0 Å². The smallest absolute Gasteiger partial charge is 0.265 e. The number of sulfonamides is 1. The van der Waals surface area contributed by atoms with Crippen LogP contribution in [0.15, 0.2) is 77.7 Å². The minimum absolute atomic E-state index is 0.0550. The Morgan fingerprint density at radius 2 is 1.29 bits per heavy atom. The van der Waals surface area contributed by atoms with Crippen molar-refractivity contribution in [3.63, 3.8) is 0 Å². The number of anilines is 1. The van der Waals surface area contributed by atoms with Gasteiger partial charge in [0.2, 0.25) is 0 Å². The van der Waals surface area contributed by atoms with Crippen molar-refractivity contribution in [2.75, 3.05) is 10.8 Å². The monoisotopic (exact) mass is 391 g/mol. The van der Waals surface area contributed by atoms with Crippen LogP contribution in [0.25, 0.3) is 0 Å². The minimum Gasteiger partial charge on any atom is -0.289 e. The molecule has 4 rings (SSSR count). The van der Waals surface area contributed by atoms with E-state index in [4.69, 9.17) is 0 Å². The molecule has 6 heteroatoms. The molecular formula is C22H17NO4S. The molecule has 5 nitrogen and oxygen atoms in total. The van der Waals surface area contributed by atoms with Gasteiger partial charge in [-0.2, -0.15) is 0 Å². The quantitative estimate of drug-likeness (QED) is 0.532. The third kappa shape index (κ3) is 2.65. The lowest BCUT2D eigenvalue weighted by Crippen LogP contribution is -2.33. The third-order valence-electron chi connectivity index (χ3n) is 4.81. The van der Waals surface area contributed by atoms with Crippen molar-refractivity contribution in [1.29, 1.82) is 0 Å². The highest BCUT2D eigenvalue weighted by atomic mass is 32.2. The van der Waals surface area contributed by atoms with Gasteiger partial charge in [-0.15, -0.1) is 0 Å². The van der Waals surface area contributed by atoms with E-state index in [2.05, 4.69) is 0 Å². The van der Waals surface area contributed by atoms with E-state index in [0.29, 0.717) is 11.3 Å². The summed E-state index contributed by atoms with van der Waals surface area (Å²) in [6, 6.07) is 19.6. The van der Waals surface area contributed by atoms with Gasteiger partial charge < -0.3 is 0 Å². The fourth-order valence-corrected chi connectivity index (χ4v) is 5.22. The molecule has 0 aromatic heterocycles. The summed E-state index contributed by atoms with van der Waals surface area (Å²) in [5.41, 5.74) is 1.09. The van der Waals surface area contributed by atoms with Gasteiger partial charge in [0.1, 0.15) is 0 Å². The Kier molecular flexibility index (Phi) is 4.35. The Hall–Kier alpha value is -3.25. The second-order valence-corrected chi connectivity index (χ2v) is 8.22. The first-order valence-electron chi connectivity index (χ1n) is 8.86. The topological polar surface area (TPSA) is 71.5 Å². The molecule has 0 aliphatic heterocycles. The second-order valence-electron chi connectivity index (χ2n) is 6.39. The van der Waals surface area contributed by atoms with Gasteiger partial charge in [-0.05, 0) is 25.1 Å². The van der Waals surface area contributed by atoms with Crippen molar-refractivity contribution >= 4 is 27.3 Å². The average molecular weight is 391 g/mol. The van der Waals surface area contributed by atoms with E-state index in [-0.39, 0.29) is 33.9 Å². The fourth-order valence-electron chi connectivity index (χ4n) is 3.53. The molecule has 1 aliphatic rings. The van der Waals surface area contributed by atoms with E-state index in [1.54, 1.807) is 61.5 Å². The molecule has 3 aromatic carbocycles. The Morgan fingerprint density at radius 1 is 0.714 bits per heavy atom. The van der Waals surface area contributed by atoms with Crippen molar-refractivity contribution in [1.82, 2.24) is 0 Å². The van der Waals surface area contributed by atoms with Crippen LogP contribution >= 0.6 is 0 Å². The zero-order chi connectivity index (χ0) is 19.9. The molecule has 0 saturated heterocycles. The van der Waals surface area contributed by atoms with E-state index in [1.807, 2.05) is 0 Å². The number of carbonyl (C=O) groups is 2. The normalized spacial score (nSPS) is 13.0. The van der Waals surface area contributed by atoms with Crippen LogP contribution < -0.4 is 4.31 Å². The number of carbonyl (C=O) groups excluding carboxylic acids is 2. The number of benzene rings is 3. The molecule has 3 aromatic rings. The number of para-hydroxylation sites is 1. The lowest BCUT2D eigenvalue weighted by atomic mass is 9.84. The molecule has 28 heavy (non-hydrogen) atoms. The van der Waals surface area contributed by atoms with Crippen LogP contribution in [-0.4, -0.2) is 26.5 Å². The van der Waals surface area contributed by atoms with Gasteiger partial charge in [-0.1, -0.05) is 54.6 Å². The first-order valence-corrected chi connectivity index (χ1v) is 10.3. The highest BCUT2D eigenvalue weighted by Crippen LogP contribution is 2.33. The molecule has 0 spiro atoms. The maximum absolute atomic E-state index is 13.5. The van der Waals surface area contributed by atoms with Gasteiger partial charge in [0.05, 0.1) is 16.1 Å². The van der Waals surface area contributed by atoms with Gasteiger partial charge in [0, 0.05) is 23.2 Å². The summed E-state index contributed by atoms with van der Waals surface area (Å²) in [6.07, 6.45) is 0. The van der Waals surface area contributed by atoms with E-state index in [0.717, 1.165) is 0 Å². The van der Waals surface area contributed by atoms with Gasteiger partial charge in [-0.3, -0.25) is 13.9 Å². The maximum Gasteiger partial charge on any atom is 0.265 e. The Balaban J connectivity index is 1.94. The third-order valence-corrected chi connectivity index (χ3v) is 6.76. The van der Waals surface area contributed by atoms with Crippen molar-refractivity contribution in [3.05, 3.63) is 95.1 Å². The Bertz CT molecular complexity index is 1200. The SMILES string of the molecule is CCN(c1ccccc1)S(=O)(=O)c1cccc2c1C(=O)c1ccccc1C2=O. The Labute approximate surface area is 163 Å². The first-order chi connectivity index (χ1) is 13.5. The fraction of sp³-hybridized carbons (Fsp3) is 0.0909. The number of hydrogen-bond donors (Lipinski definition) is 0. The number of ketones is 2. The summed E-state index contributed by atoms with van der Waals surface area (Å²) in [7, 11) is -4.04. The zero-order valence-corrected chi connectivity index (χ0v) is 15.9. The van der Waals surface area contributed by atoms with E-state index >= 15 is 0 Å². The molecule has 140 valence electrons. The Morgan fingerprint density at radius 3 is 1.93 bits per heavy atom. The number of fused-ring (bicyclic) bond motifs is 2. The van der Waals surface area contributed by atoms with Crippen LogP contribution in [0.1, 0.15) is 38.8 Å². The number of rotatable bonds is 4. The highest BCUT2D eigenvalue weighted by Gasteiger charge is 2.36. The predicted octanol–water partition coefficient (Wildman–Crippen LogP) is 3.68. The summed E-state index contributed by atoms with van der Waals surface area (Å²) >= 11 is 0. The molecular weight excluding hydrogens is 374 g/mol. The van der Waals surface area contributed by atoms with E-state index < -0.39 is 15.8 Å². The summed E-state index contributed by atoms with van der Waals surface area (Å²) < 4.78 is 28.2. The molecule has 1 aliphatic carbocycles. The summed E-state index contributed by atoms with van der Waals surface area (Å²) in [5.74, 6) is -0.793. The first kappa shape index (κ1) is 18.1. The molecule has 0 unspecified atom stereocenters. The maximum atomic E-state index is 13.5. The van der Waals surface area contributed by atoms with Gasteiger partial charge in [0.15, 0.2) is 11.6 Å². The molecule has 0 amide bonds. The molecule has 0 radical (unpaired) electrons. The van der Waals surface area contributed by atoms with Crippen LogP contribution in [0.5, 0.6) is 0 Å². The van der Waals surface area contributed by atoms with Crippen LogP contribution in [0, 0.1) is 0 Å². The van der Waals surface area contributed by atoms with Crippen LogP contribution in [-0.2, 0) is 10.0 Å². The van der Waals surface area contributed by atoms with Crippen LogP contribution in [0.3, 0.4) is 0 Å². The van der Waals surface area contributed by atoms with Gasteiger partial charge in [-0.25, -0.2) is 8.42 Å². The molecule has 0 atom stereocenters. The van der Waals surface area contributed by atoms with Crippen LogP contribution in [0.2, 0.25) is 0 Å². The lowest BCUT2D eigenvalue weighted by molar-refractivity contribution is 0.0976. The molecule has 0 bridgehead atoms. The van der Waals surface area contributed by atoms with Crippen molar-refractivity contribution in [2.45, 2.75) is 11.8 Å². The molecule has 0 saturated carbocycles. The molecule has 0 heterocycles. The largest absolute Gasteiger partial charge is 0.289 e. The number of hydrogen-bond acceptors (Lipinski definition) is 4. The van der Waals surface area contributed by atoms with Crippen molar-refractivity contribution in [3.8, 4) is 0 Å². The van der Waals surface area contributed by atoms with Gasteiger partial charge >= 0.3 is 0 Å². The molecule has 0 N–H and O–H groups in total. The minimum atomic E-state index is -4.04. The summed E-state index contributed by atoms with van der Waals surface area (Å²) in [4.78, 5) is 25.9. The second kappa shape index (κ2) is 6.73. The average Bonchev–Trinajstić information content (AvgIpc) is 2.72. The van der Waals surface area contributed by atoms with Crippen LogP contribution in [0.4, 0.5) is 5.69 Å². The van der Waals surface area contributed by atoms with Gasteiger partial charge in [0.25, 0.3) is 10.0 Å². The lowest BCUT2D eigenvalue weighted by Gasteiger charge is -2.26. The number of nitrogens with zero attached hydrogens (tertiary/aromatic N) is 1. The summed E-state index contributed by atoms with van der Waals surface area (Å²) in [5, 5.41) is 0. The predicted molar refractivity (Wildman–Crippen MR) is 106 cm³/mol.